The Hall–Kier alpha value is -1.92. The van der Waals surface area contributed by atoms with Crippen molar-refractivity contribution in [3.63, 3.8) is 0 Å². The molecule has 0 saturated heterocycles. The lowest BCUT2D eigenvalue weighted by Crippen LogP contribution is -2.39. The first kappa shape index (κ1) is 18.4. The molecule has 1 heterocycles. The van der Waals surface area contributed by atoms with Gasteiger partial charge in [0.25, 0.3) is 5.82 Å². The van der Waals surface area contributed by atoms with Gasteiger partial charge in [-0.25, -0.2) is 9.78 Å². The van der Waals surface area contributed by atoms with Gasteiger partial charge in [0.05, 0.1) is 12.6 Å². The van der Waals surface area contributed by atoms with Gasteiger partial charge in [-0.3, -0.25) is 9.89 Å². The Morgan fingerprint density at radius 2 is 2.12 bits per heavy atom. The zero-order valence-electron chi connectivity index (χ0n) is 15.2. The van der Waals surface area contributed by atoms with Gasteiger partial charge in [-0.1, -0.05) is 20.8 Å². The van der Waals surface area contributed by atoms with Crippen molar-refractivity contribution in [3.05, 3.63) is 11.6 Å². The van der Waals surface area contributed by atoms with Crippen molar-refractivity contribution in [2.24, 2.45) is 17.3 Å². The van der Waals surface area contributed by atoms with E-state index in [0.717, 1.165) is 19.3 Å². The molecule has 2 N–H and O–H groups in total. The van der Waals surface area contributed by atoms with Crippen LogP contribution in [-0.4, -0.2) is 33.7 Å². The van der Waals surface area contributed by atoms with Crippen LogP contribution in [0.5, 0.6) is 0 Å². The average Bonchev–Trinajstić information content (AvgIpc) is 2.95. The second-order valence-electron chi connectivity index (χ2n) is 7.61. The smallest absolute Gasteiger partial charge is 0.378 e. The molecule has 1 amide bonds. The Bertz CT molecular complexity index is 596. The molecule has 24 heavy (non-hydrogen) atoms. The van der Waals surface area contributed by atoms with Crippen LogP contribution in [0.25, 0.3) is 0 Å². The predicted octanol–water partition coefficient (Wildman–Crippen LogP) is 2.62. The molecule has 1 fully saturated rings. The first-order valence-corrected chi connectivity index (χ1v) is 8.61. The Morgan fingerprint density at radius 1 is 1.42 bits per heavy atom. The normalized spacial score (nSPS) is 24.2. The van der Waals surface area contributed by atoms with Crippen LogP contribution in [0.1, 0.15) is 76.4 Å². The molecule has 3 atom stereocenters. The van der Waals surface area contributed by atoms with Gasteiger partial charge in [0.2, 0.25) is 5.91 Å². The molecule has 1 saturated carbocycles. The van der Waals surface area contributed by atoms with E-state index in [1.54, 1.807) is 6.92 Å². The molecule has 7 nitrogen and oxygen atoms in total. The molecule has 0 spiro atoms. The Kier molecular flexibility index (Phi) is 5.62. The fourth-order valence-electron chi connectivity index (χ4n) is 3.70. The topological polar surface area (TPSA) is 97.0 Å². The van der Waals surface area contributed by atoms with Crippen LogP contribution in [0, 0.1) is 17.3 Å². The summed E-state index contributed by atoms with van der Waals surface area (Å²) in [5.74, 6) is 0.464. The second kappa shape index (κ2) is 7.32. The van der Waals surface area contributed by atoms with Gasteiger partial charge in [0.1, 0.15) is 5.82 Å². The quantitative estimate of drug-likeness (QED) is 0.806. The fourth-order valence-corrected chi connectivity index (χ4v) is 3.70. The molecule has 1 aliphatic carbocycles. The molecule has 1 aromatic rings. The number of amides is 1. The van der Waals surface area contributed by atoms with Crippen molar-refractivity contribution in [1.29, 1.82) is 0 Å². The van der Waals surface area contributed by atoms with Gasteiger partial charge < -0.3 is 10.1 Å². The highest BCUT2D eigenvalue weighted by atomic mass is 16.5. The third kappa shape index (κ3) is 4.55. The summed E-state index contributed by atoms with van der Waals surface area (Å²) >= 11 is 0. The number of nitrogens with one attached hydrogen (secondary N) is 2. The first-order valence-electron chi connectivity index (χ1n) is 8.61. The average molecular weight is 336 g/mol. The number of nitrogens with zero attached hydrogens (tertiary/aromatic N) is 2. The Labute approximate surface area is 143 Å². The van der Waals surface area contributed by atoms with Gasteiger partial charge >= 0.3 is 5.97 Å². The summed E-state index contributed by atoms with van der Waals surface area (Å²) in [5.41, 5.74) is 0.187. The lowest BCUT2D eigenvalue weighted by Gasteiger charge is -2.38. The van der Waals surface area contributed by atoms with E-state index >= 15 is 0 Å². The van der Waals surface area contributed by atoms with Gasteiger partial charge in [-0.15, -0.1) is 5.10 Å². The summed E-state index contributed by atoms with van der Waals surface area (Å²) in [7, 11) is 0. The van der Waals surface area contributed by atoms with Crippen molar-refractivity contribution < 1.29 is 14.3 Å². The number of carbonyl (C=O) groups is 2. The molecule has 7 heteroatoms. The van der Waals surface area contributed by atoms with Crippen LogP contribution in [0.3, 0.4) is 0 Å². The molecule has 0 radical (unpaired) electrons. The van der Waals surface area contributed by atoms with Gasteiger partial charge in [0.15, 0.2) is 0 Å². The van der Waals surface area contributed by atoms with E-state index in [1.807, 2.05) is 6.92 Å². The highest BCUT2D eigenvalue weighted by molar-refractivity contribution is 5.85. The lowest BCUT2D eigenvalue weighted by molar-refractivity contribution is -0.128. The molecule has 3 unspecified atom stereocenters. The van der Waals surface area contributed by atoms with Crippen molar-refractivity contribution in [1.82, 2.24) is 20.5 Å². The SMILES string of the molecule is CCOC(=O)c1n[nH]c(C(C)NC(=O)C2CC(C)CC(C)(C)C2)n1. The summed E-state index contributed by atoms with van der Waals surface area (Å²) in [6, 6.07) is -0.339. The number of H-pyrrole nitrogens is 1. The van der Waals surface area contributed by atoms with E-state index in [2.05, 4.69) is 41.3 Å². The molecular formula is C17H28N4O3. The fraction of sp³-hybridized carbons (Fsp3) is 0.765. The molecular weight excluding hydrogens is 308 g/mol. The second-order valence-corrected chi connectivity index (χ2v) is 7.61. The minimum Gasteiger partial charge on any atom is -0.460 e. The molecule has 0 aliphatic heterocycles. The highest BCUT2D eigenvalue weighted by Crippen LogP contribution is 2.41. The van der Waals surface area contributed by atoms with Crippen LogP contribution in [0.2, 0.25) is 0 Å². The monoisotopic (exact) mass is 336 g/mol. The summed E-state index contributed by atoms with van der Waals surface area (Å²) in [4.78, 5) is 28.3. The van der Waals surface area contributed by atoms with E-state index in [0.29, 0.717) is 11.7 Å². The number of aromatic amines is 1. The third-order valence-electron chi connectivity index (χ3n) is 4.49. The minimum absolute atomic E-state index is 0.0126. The largest absolute Gasteiger partial charge is 0.460 e. The molecule has 134 valence electrons. The molecule has 1 aromatic heterocycles. The first-order chi connectivity index (χ1) is 11.2. The number of carbonyl (C=O) groups excluding carboxylic acids is 2. The van der Waals surface area contributed by atoms with Gasteiger partial charge in [-0.05, 0) is 44.4 Å². The van der Waals surface area contributed by atoms with E-state index in [-0.39, 0.29) is 35.7 Å². The van der Waals surface area contributed by atoms with E-state index in [4.69, 9.17) is 4.74 Å². The zero-order chi connectivity index (χ0) is 17.9. The zero-order valence-corrected chi connectivity index (χ0v) is 15.2. The van der Waals surface area contributed by atoms with Crippen molar-refractivity contribution in [3.8, 4) is 0 Å². The Balaban J connectivity index is 1.97. The standard InChI is InChI=1S/C17H28N4O3/c1-6-24-16(23)14-19-13(20-21-14)11(3)18-15(22)12-7-10(2)8-17(4,5)9-12/h10-12H,6-9H2,1-5H3,(H,18,22)(H,19,20,21). The van der Waals surface area contributed by atoms with Gasteiger partial charge in [0, 0.05) is 5.92 Å². The molecule has 0 aromatic carbocycles. The van der Waals surface area contributed by atoms with E-state index in [9.17, 15) is 9.59 Å². The number of ether oxygens (including phenoxy) is 1. The minimum atomic E-state index is -0.568. The maximum absolute atomic E-state index is 12.6. The molecule has 2 rings (SSSR count). The lowest BCUT2D eigenvalue weighted by atomic mass is 9.68. The summed E-state index contributed by atoms with van der Waals surface area (Å²) in [6.07, 6.45) is 2.95. The van der Waals surface area contributed by atoms with Crippen LogP contribution in [0.4, 0.5) is 0 Å². The summed E-state index contributed by atoms with van der Waals surface area (Å²) < 4.78 is 4.86. The number of hydrogen-bond donors (Lipinski definition) is 2. The van der Waals surface area contributed by atoms with Crippen molar-refractivity contribution in [2.75, 3.05) is 6.61 Å². The maximum atomic E-state index is 12.6. The van der Waals surface area contributed by atoms with Crippen molar-refractivity contribution in [2.45, 2.75) is 59.9 Å². The van der Waals surface area contributed by atoms with Crippen LogP contribution >= 0.6 is 0 Å². The number of rotatable bonds is 5. The third-order valence-corrected chi connectivity index (χ3v) is 4.49. The Morgan fingerprint density at radius 3 is 2.75 bits per heavy atom. The number of hydrogen-bond acceptors (Lipinski definition) is 5. The summed E-state index contributed by atoms with van der Waals surface area (Å²) in [6.45, 7) is 10.5. The van der Waals surface area contributed by atoms with Crippen molar-refractivity contribution >= 4 is 11.9 Å². The number of esters is 1. The molecule has 1 aliphatic rings. The van der Waals surface area contributed by atoms with Crippen LogP contribution in [-0.2, 0) is 9.53 Å². The number of aromatic nitrogens is 3. The van der Waals surface area contributed by atoms with E-state index < -0.39 is 5.97 Å². The van der Waals surface area contributed by atoms with Gasteiger partial charge in [-0.2, -0.15) is 0 Å². The predicted molar refractivity (Wildman–Crippen MR) is 89.2 cm³/mol. The van der Waals surface area contributed by atoms with Crippen LogP contribution in [0.15, 0.2) is 0 Å². The summed E-state index contributed by atoms with van der Waals surface area (Å²) in [5, 5.41) is 9.53. The maximum Gasteiger partial charge on any atom is 0.378 e. The highest BCUT2D eigenvalue weighted by Gasteiger charge is 2.36. The molecule has 0 bridgehead atoms. The van der Waals surface area contributed by atoms with E-state index in [1.165, 1.54) is 0 Å². The van der Waals surface area contributed by atoms with Crippen LogP contribution < -0.4 is 5.32 Å².